The number of carbonyl (C=O) groups is 1. The molecule has 1 aliphatic carbocycles. The van der Waals surface area contributed by atoms with E-state index in [1.165, 1.54) is 5.56 Å². The van der Waals surface area contributed by atoms with Crippen LogP contribution < -0.4 is 5.32 Å². The summed E-state index contributed by atoms with van der Waals surface area (Å²) in [6.07, 6.45) is 12.0. The van der Waals surface area contributed by atoms with E-state index in [4.69, 9.17) is 9.97 Å². The molecule has 5 rings (SSSR count). The van der Waals surface area contributed by atoms with Crippen LogP contribution in [0.3, 0.4) is 0 Å². The summed E-state index contributed by atoms with van der Waals surface area (Å²) in [7, 11) is 2.08. The van der Waals surface area contributed by atoms with Crippen molar-refractivity contribution in [3.05, 3.63) is 18.0 Å². The second kappa shape index (κ2) is 10.4. The molecule has 0 radical (unpaired) electrons. The monoisotopic (exact) mass is 482 g/mol. The first kappa shape index (κ1) is 24.5. The summed E-state index contributed by atoms with van der Waals surface area (Å²) in [6, 6.07) is 0.699. The summed E-state index contributed by atoms with van der Waals surface area (Å²) in [5.41, 5.74) is 2.34. The number of likely N-dealkylation sites (tertiary alicyclic amines) is 2. The van der Waals surface area contributed by atoms with Gasteiger partial charge >= 0.3 is 0 Å². The minimum Gasteiger partial charge on any atom is -0.393 e. The van der Waals surface area contributed by atoms with Crippen LogP contribution in [-0.2, 0) is 4.79 Å². The van der Waals surface area contributed by atoms with Gasteiger partial charge < -0.3 is 24.8 Å². The Morgan fingerprint density at radius 3 is 2.54 bits per heavy atom. The predicted octanol–water partition coefficient (Wildman–Crippen LogP) is 3.78. The first-order valence-corrected chi connectivity index (χ1v) is 13.7. The van der Waals surface area contributed by atoms with Crippen LogP contribution in [0.2, 0.25) is 0 Å². The molecule has 2 aliphatic heterocycles. The Morgan fingerprint density at radius 1 is 1.17 bits per heavy atom. The van der Waals surface area contributed by atoms with Gasteiger partial charge in [-0.05, 0) is 70.4 Å². The number of aliphatic hydroxyl groups is 1. The lowest BCUT2D eigenvalue weighted by Gasteiger charge is -2.40. The van der Waals surface area contributed by atoms with Crippen molar-refractivity contribution < 1.29 is 9.90 Å². The summed E-state index contributed by atoms with van der Waals surface area (Å²) >= 11 is 0. The van der Waals surface area contributed by atoms with Gasteiger partial charge in [0.1, 0.15) is 5.65 Å². The summed E-state index contributed by atoms with van der Waals surface area (Å²) in [5.74, 6) is 1.65. The van der Waals surface area contributed by atoms with Crippen molar-refractivity contribution in [2.75, 3.05) is 38.5 Å². The minimum absolute atomic E-state index is 0.174. The number of nitrogens with zero attached hydrogens (tertiary/aromatic N) is 5. The largest absolute Gasteiger partial charge is 0.393 e. The lowest BCUT2D eigenvalue weighted by atomic mass is 9.88. The summed E-state index contributed by atoms with van der Waals surface area (Å²) < 4.78 is 2.37. The Balaban J connectivity index is 1.37. The lowest BCUT2D eigenvalue weighted by Crippen LogP contribution is -2.53. The van der Waals surface area contributed by atoms with Crippen LogP contribution in [0.5, 0.6) is 0 Å². The Bertz CT molecular complexity index is 1020. The molecule has 2 N–H and O–H groups in total. The molecule has 35 heavy (non-hydrogen) atoms. The number of rotatable bonds is 7. The molecule has 3 aliphatic rings. The Morgan fingerprint density at radius 2 is 1.89 bits per heavy atom. The molecule has 192 valence electrons. The number of aromatic nitrogens is 3. The van der Waals surface area contributed by atoms with E-state index < -0.39 is 0 Å². The van der Waals surface area contributed by atoms with Gasteiger partial charge in [-0.15, -0.1) is 0 Å². The molecule has 2 aromatic heterocycles. The van der Waals surface area contributed by atoms with Gasteiger partial charge in [-0.1, -0.05) is 13.3 Å². The maximum Gasteiger partial charge on any atom is 0.228 e. The highest BCUT2D eigenvalue weighted by Crippen LogP contribution is 2.38. The molecule has 1 atom stereocenters. The van der Waals surface area contributed by atoms with Crippen LogP contribution in [0.25, 0.3) is 11.0 Å². The van der Waals surface area contributed by atoms with Gasteiger partial charge in [-0.2, -0.15) is 4.98 Å². The van der Waals surface area contributed by atoms with Crippen molar-refractivity contribution in [2.24, 2.45) is 5.92 Å². The SMILES string of the molecule is CCC[C@H](C)Nc1ncc2c(C3CCN(C(=O)C4CN(C)C4)CC3)cn(C3CCC(O)CC3)c2n1. The van der Waals surface area contributed by atoms with E-state index in [9.17, 15) is 9.90 Å². The fourth-order valence-electron chi connectivity index (χ4n) is 6.31. The van der Waals surface area contributed by atoms with Crippen LogP contribution in [0, 0.1) is 5.92 Å². The number of carbonyl (C=O) groups excluding carboxylic acids is 1. The molecule has 8 nitrogen and oxygen atoms in total. The topological polar surface area (TPSA) is 86.5 Å². The number of hydrogen-bond donors (Lipinski definition) is 2. The zero-order chi connectivity index (χ0) is 24.5. The van der Waals surface area contributed by atoms with Gasteiger partial charge in [0.2, 0.25) is 11.9 Å². The van der Waals surface area contributed by atoms with Crippen LogP contribution >= 0.6 is 0 Å². The van der Waals surface area contributed by atoms with Crippen LogP contribution in [0.15, 0.2) is 12.4 Å². The number of aliphatic hydroxyl groups excluding tert-OH is 1. The average Bonchev–Trinajstić information content (AvgIpc) is 3.21. The standard InChI is InChI=1S/C27H42N6O2/c1-4-5-18(2)29-27-28-14-23-24(17-33(25(23)30-27)21-6-8-22(34)9-7-21)19-10-12-32(13-11-19)26(35)20-15-31(3)16-20/h14,17-22,34H,4-13,15-16H2,1-3H3,(H,28,29,30)/t18-,21?,22?/m0/s1. The van der Waals surface area contributed by atoms with E-state index in [2.05, 4.69) is 46.8 Å². The maximum atomic E-state index is 12.8. The summed E-state index contributed by atoms with van der Waals surface area (Å²) in [5, 5.41) is 14.7. The molecule has 3 fully saturated rings. The molecule has 0 aromatic carbocycles. The number of nitrogens with one attached hydrogen (secondary N) is 1. The number of fused-ring (bicyclic) bond motifs is 1. The van der Waals surface area contributed by atoms with E-state index in [0.717, 1.165) is 88.6 Å². The average molecular weight is 483 g/mol. The van der Waals surface area contributed by atoms with Gasteiger partial charge in [-0.3, -0.25) is 4.79 Å². The van der Waals surface area contributed by atoms with Gasteiger partial charge in [0, 0.05) is 56.0 Å². The molecule has 0 bridgehead atoms. The fraction of sp³-hybridized carbons (Fsp3) is 0.741. The molecular formula is C27H42N6O2. The smallest absolute Gasteiger partial charge is 0.228 e. The van der Waals surface area contributed by atoms with E-state index in [1.54, 1.807) is 0 Å². The molecule has 2 saturated heterocycles. The van der Waals surface area contributed by atoms with E-state index in [-0.39, 0.29) is 12.0 Å². The Labute approximate surface area is 209 Å². The molecule has 0 spiro atoms. The van der Waals surface area contributed by atoms with Gasteiger partial charge in [0.15, 0.2) is 0 Å². The lowest BCUT2D eigenvalue weighted by molar-refractivity contribution is -0.141. The van der Waals surface area contributed by atoms with E-state index in [0.29, 0.717) is 29.9 Å². The van der Waals surface area contributed by atoms with Crippen molar-refractivity contribution in [3.8, 4) is 0 Å². The molecule has 1 saturated carbocycles. The van der Waals surface area contributed by atoms with E-state index in [1.807, 2.05) is 6.20 Å². The normalized spacial score (nSPS) is 25.5. The first-order valence-electron chi connectivity index (χ1n) is 13.7. The summed E-state index contributed by atoms with van der Waals surface area (Å²) in [6.45, 7) is 7.84. The second-order valence-corrected chi connectivity index (χ2v) is 11.2. The maximum absolute atomic E-state index is 12.8. The van der Waals surface area contributed by atoms with Gasteiger partial charge in [-0.25, -0.2) is 4.98 Å². The molecule has 4 heterocycles. The zero-order valence-electron chi connectivity index (χ0n) is 21.6. The third kappa shape index (κ3) is 5.19. The van der Waals surface area contributed by atoms with Crippen LogP contribution in [0.4, 0.5) is 5.95 Å². The first-order chi connectivity index (χ1) is 16.9. The van der Waals surface area contributed by atoms with Crippen LogP contribution in [0.1, 0.15) is 82.7 Å². The highest BCUT2D eigenvalue weighted by atomic mass is 16.3. The van der Waals surface area contributed by atoms with Crippen molar-refractivity contribution in [1.29, 1.82) is 0 Å². The molecule has 8 heteroatoms. The number of anilines is 1. The highest BCUT2D eigenvalue weighted by molar-refractivity contribution is 5.82. The Hall–Kier alpha value is -2.19. The van der Waals surface area contributed by atoms with Crippen molar-refractivity contribution in [2.45, 2.75) is 89.3 Å². The quantitative estimate of drug-likeness (QED) is 0.625. The minimum atomic E-state index is -0.174. The van der Waals surface area contributed by atoms with Gasteiger partial charge in [0.05, 0.1) is 12.0 Å². The molecule has 1 amide bonds. The van der Waals surface area contributed by atoms with Crippen molar-refractivity contribution >= 4 is 22.9 Å². The van der Waals surface area contributed by atoms with Crippen molar-refractivity contribution in [1.82, 2.24) is 24.3 Å². The van der Waals surface area contributed by atoms with Gasteiger partial charge in [0.25, 0.3) is 0 Å². The number of hydrogen-bond acceptors (Lipinski definition) is 6. The number of piperidine rings is 1. The molecule has 2 aromatic rings. The molecular weight excluding hydrogens is 440 g/mol. The third-order valence-corrected chi connectivity index (χ3v) is 8.42. The molecule has 0 unspecified atom stereocenters. The van der Waals surface area contributed by atoms with E-state index >= 15 is 0 Å². The van der Waals surface area contributed by atoms with Crippen LogP contribution in [-0.4, -0.2) is 80.7 Å². The zero-order valence-corrected chi connectivity index (χ0v) is 21.6. The third-order valence-electron chi connectivity index (χ3n) is 8.42. The van der Waals surface area contributed by atoms with Crippen molar-refractivity contribution in [3.63, 3.8) is 0 Å². The Kier molecular flexibility index (Phi) is 7.30. The predicted molar refractivity (Wildman–Crippen MR) is 139 cm³/mol. The summed E-state index contributed by atoms with van der Waals surface area (Å²) in [4.78, 5) is 26.8. The number of amides is 1. The fourth-order valence-corrected chi connectivity index (χ4v) is 6.31. The second-order valence-electron chi connectivity index (χ2n) is 11.2. The highest BCUT2D eigenvalue weighted by Gasteiger charge is 2.35.